The fraction of sp³-hybridized carbons (Fsp3) is 0.714. The summed E-state index contributed by atoms with van der Waals surface area (Å²) >= 11 is 3.97. The van der Waals surface area contributed by atoms with Crippen LogP contribution >= 0.6 is 12.6 Å². The molecule has 0 spiro atoms. The van der Waals surface area contributed by atoms with Crippen molar-refractivity contribution in [2.75, 3.05) is 5.75 Å². The molecule has 0 fully saturated rings. The van der Waals surface area contributed by atoms with E-state index in [1.54, 1.807) is 0 Å². The Kier molecular flexibility index (Phi) is 5.93. The first-order valence-corrected chi connectivity index (χ1v) is 4.14. The van der Waals surface area contributed by atoms with Gasteiger partial charge in [0.2, 0.25) is 0 Å². The van der Waals surface area contributed by atoms with Gasteiger partial charge in [-0.05, 0) is 18.6 Å². The highest BCUT2D eigenvalue weighted by Gasteiger charge is 2.05. The normalized spacial score (nSPS) is 9.55. The molecule has 0 aliphatic heterocycles. The van der Waals surface area contributed by atoms with E-state index in [2.05, 4.69) is 12.6 Å². The van der Waals surface area contributed by atoms with Crippen LogP contribution < -0.4 is 0 Å². The maximum atomic E-state index is 10.7. The molecule has 0 aromatic rings. The number of rotatable bonds is 6. The summed E-state index contributed by atoms with van der Waals surface area (Å²) in [6.07, 6.45) is 1.64. The average molecular weight is 176 g/mol. The van der Waals surface area contributed by atoms with Gasteiger partial charge < -0.3 is 5.11 Å². The summed E-state index contributed by atoms with van der Waals surface area (Å²) in [6.45, 7) is 0. The summed E-state index contributed by atoms with van der Waals surface area (Å²) < 4.78 is 0. The molecule has 0 aliphatic rings. The SMILES string of the molecule is O=C(O)CC(=O)CCCCS. The number of thiol groups is 1. The largest absolute Gasteiger partial charge is 0.481 e. The van der Waals surface area contributed by atoms with E-state index in [1.807, 2.05) is 0 Å². The number of hydrogen-bond acceptors (Lipinski definition) is 3. The predicted molar refractivity (Wildman–Crippen MR) is 45.0 cm³/mol. The highest BCUT2D eigenvalue weighted by molar-refractivity contribution is 7.80. The Morgan fingerprint density at radius 1 is 1.27 bits per heavy atom. The van der Waals surface area contributed by atoms with Crippen molar-refractivity contribution in [3.05, 3.63) is 0 Å². The molecule has 4 heteroatoms. The first-order chi connectivity index (χ1) is 5.16. The zero-order valence-corrected chi connectivity index (χ0v) is 7.14. The number of ketones is 1. The quantitative estimate of drug-likeness (QED) is 0.362. The number of carboxylic acids is 1. The van der Waals surface area contributed by atoms with Crippen LogP contribution in [0, 0.1) is 0 Å². The van der Waals surface area contributed by atoms with Gasteiger partial charge >= 0.3 is 5.97 Å². The van der Waals surface area contributed by atoms with Gasteiger partial charge in [0.15, 0.2) is 0 Å². The number of carbonyl (C=O) groups excluding carboxylic acids is 1. The Morgan fingerprint density at radius 2 is 1.91 bits per heavy atom. The highest BCUT2D eigenvalue weighted by atomic mass is 32.1. The Labute approximate surface area is 71.2 Å². The molecule has 0 heterocycles. The van der Waals surface area contributed by atoms with E-state index in [0.29, 0.717) is 6.42 Å². The van der Waals surface area contributed by atoms with Gasteiger partial charge in [-0.15, -0.1) is 0 Å². The zero-order valence-electron chi connectivity index (χ0n) is 6.25. The molecule has 0 bridgehead atoms. The van der Waals surface area contributed by atoms with Gasteiger partial charge in [-0.25, -0.2) is 0 Å². The van der Waals surface area contributed by atoms with Crippen molar-refractivity contribution in [1.82, 2.24) is 0 Å². The first-order valence-electron chi connectivity index (χ1n) is 3.51. The lowest BCUT2D eigenvalue weighted by atomic mass is 10.1. The minimum absolute atomic E-state index is 0.195. The Hall–Kier alpha value is -0.510. The number of hydrogen-bond donors (Lipinski definition) is 2. The molecule has 64 valence electrons. The molecule has 0 aromatic carbocycles. The maximum absolute atomic E-state index is 10.7. The third-order valence-electron chi connectivity index (χ3n) is 1.21. The van der Waals surface area contributed by atoms with Gasteiger partial charge in [-0.1, -0.05) is 0 Å². The third-order valence-corrected chi connectivity index (χ3v) is 1.53. The molecule has 0 unspecified atom stereocenters. The third kappa shape index (κ3) is 7.39. The van der Waals surface area contributed by atoms with Gasteiger partial charge in [0.1, 0.15) is 12.2 Å². The fourth-order valence-electron chi connectivity index (χ4n) is 0.691. The molecule has 1 N–H and O–H groups in total. The van der Waals surface area contributed by atoms with Gasteiger partial charge in [-0.3, -0.25) is 9.59 Å². The van der Waals surface area contributed by atoms with Crippen molar-refractivity contribution in [3.8, 4) is 0 Å². The molecular weight excluding hydrogens is 164 g/mol. The smallest absolute Gasteiger partial charge is 0.310 e. The molecular formula is C7H12O3S. The second-order valence-electron chi connectivity index (χ2n) is 2.29. The number of carboxylic acid groups (broad SMARTS) is 1. The lowest BCUT2D eigenvalue weighted by Gasteiger charge is -1.95. The van der Waals surface area contributed by atoms with E-state index < -0.39 is 5.97 Å². The van der Waals surface area contributed by atoms with Crippen LogP contribution in [0.5, 0.6) is 0 Å². The van der Waals surface area contributed by atoms with E-state index in [9.17, 15) is 9.59 Å². The van der Waals surface area contributed by atoms with Crippen LogP contribution in [0.1, 0.15) is 25.7 Å². The molecule has 0 saturated carbocycles. The van der Waals surface area contributed by atoms with Gasteiger partial charge in [0.25, 0.3) is 0 Å². The molecule has 0 rings (SSSR count). The predicted octanol–water partition coefficient (Wildman–Crippen LogP) is 1.13. The van der Waals surface area contributed by atoms with Crippen molar-refractivity contribution in [2.45, 2.75) is 25.7 Å². The molecule has 0 atom stereocenters. The van der Waals surface area contributed by atoms with Crippen molar-refractivity contribution in [1.29, 1.82) is 0 Å². The number of carbonyl (C=O) groups is 2. The molecule has 0 saturated heterocycles. The van der Waals surface area contributed by atoms with Crippen LogP contribution in [0.2, 0.25) is 0 Å². The van der Waals surface area contributed by atoms with Gasteiger partial charge in [0, 0.05) is 6.42 Å². The highest BCUT2D eigenvalue weighted by Crippen LogP contribution is 2.00. The van der Waals surface area contributed by atoms with Crippen LogP contribution in [0.3, 0.4) is 0 Å². The molecule has 3 nitrogen and oxygen atoms in total. The van der Waals surface area contributed by atoms with Gasteiger partial charge in [-0.2, -0.15) is 12.6 Å². The van der Waals surface area contributed by atoms with E-state index in [-0.39, 0.29) is 12.2 Å². The minimum Gasteiger partial charge on any atom is -0.481 e. The molecule has 0 aromatic heterocycles. The summed E-state index contributed by atoms with van der Waals surface area (Å²) in [5, 5.41) is 8.20. The second-order valence-corrected chi connectivity index (χ2v) is 2.74. The van der Waals surface area contributed by atoms with E-state index in [1.165, 1.54) is 0 Å². The average Bonchev–Trinajstić information content (AvgIpc) is 1.86. The minimum atomic E-state index is -1.04. The molecule has 0 amide bonds. The summed E-state index contributed by atoms with van der Waals surface area (Å²) in [5.41, 5.74) is 0. The standard InChI is InChI=1S/C7H12O3S/c8-6(5-7(9)10)3-1-2-4-11/h11H,1-5H2,(H,9,10). The van der Waals surface area contributed by atoms with Crippen LogP contribution in [-0.4, -0.2) is 22.6 Å². The maximum Gasteiger partial charge on any atom is 0.310 e. The molecule has 0 aliphatic carbocycles. The Bertz CT molecular complexity index is 145. The van der Waals surface area contributed by atoms with Crippen molar-refractivity contribution in [3.63, 3.8) is 0 Å². The van der Waals surface area contributed by atoms with Crippen molar-refractivity contribution < 1.29 is 14.7 Å². The topological polar surface area (TPSA) is 54.4 Å². The molecule has 11 heavy (non-hydrogen) atoms. The van der Waals surface area contributed by atoms with Crippen LogP contribution in [-0.2, 0) is 9.59 Å². The second kappa shape index (κ2) is 6.22. The number of aliphatic carboxylic acids is 1. The molecule has 0 radical (unpaired) electrons. The lowest BCUT2D eigenvalue weighted by Crippen LogP contribution is -2.06. The Balaban J connectivity index is 3.30. The van der Waals surface area contributed by atoms with Crippen molar-refractivity contribution >= 4 is 24.4 Å². The van der Waals surface area contributed by atoms with Gasteiger partial charge in [0.05, 0.1) is 0 Å². The van der Waals surface area contributed by atoms with Crippen molar-refractivity contribution in [2.24, 2.45) is 0 Å². The van der Waals surface area contributed by atoms with Crippen LogP contribution in [0.15, 0.2) is 0 Å². The summed E-state index contributed by atoms with van der Waals surface area (Å²) in [7, 11) is 0. The number of Topliss-reactive ketones (excluding diaryl/α,β-unsaturated/α-hetero) is 1. The summed E-state index contributed by atoms with van der Waals surface area (Å²) in [4.78, 5) is 20.7. The Morgan fingerprint density at radius 3 is 2.36 bits per heavy atom. The first kappa shape index (κ1) is 10.5. The van der Waals surface area contributed by atoms with Crippen LogP contribution in [0.25, 0.3) is 0 Å². The van der Waals surface area contributed by atoms with E-state index in [4.69, 9.17) is 5.11 Å². The zero-order chi connectivity index (χ0) is 8.69. The van der Waals surface area contributed by atoms with Crippen LogP contribution in [0.4, 0.5) is 0 Å². The van der Waals surface area contributed by atoms with E-state index >= 15 is 0 Å². The monoisotopic (exact) mass is 176 g/mol. The lowest BCUT2D eigenvalue weighted by molar-refractivity contribution is -0.140. The number of unbranched alkanes of at least 4 members (excludes halogenated alkanes) is 1. The summed E-state index contributed by atoms with van der Waals surface area (Å²) in [5.74, 6) is -0.486. The summed E-state index contributed by atoms with van der Waals surface area (Å²) in [6, 6.07) is 0. The fourth-order valence-corrected chi connectivity index (χ4v) is 0.915. The van der Waals surface area contributed by atoms with E-state index in [0.717, 1.165) is 18.6 Å².